The van der Waals surface area contributed by atoms with Crippen LogP contribution in [-0.4, -0.2) is 62.6 Å². The van der Waals surface area contributed by atoms with Gasteiger partial charge in [0.25, 0.3) is 0 Å². The van der Waals surface area contributed by atoms with Crippen molar-refractivity contribution < 1.29 is 4.74 Å². The second-order valence-electron chi connectivity index (χ2n) is 6.47. The molecule has 4 N–H and O–H groups in total. The normalized spacial score (nSPS) is 46.7. The van der Waals surface area contributed by atoms with Crippen molar-refractivity contribution in [2.75, 3.05) is 39.4 Å². The maximum atomic E-state index is 5.54. The minimum atomic E-state index is 0.218. The Kier molecular flexibility index (Phi) is 2.68. The molecule has 3 aliphatic heterocycles. The number of hydrogen-bond donors (Lipinski definition) is 4. The van der Waals surface area contributed by atoms with E-state index in [1.165, 1.54) is 12.8 Å². The minimum absolute atomic E-state index is 0.218. The van der Waals surface area contributed by atoms with Crippen LogP contribution in [0.3, 0.4) is 0 Å². The average molecular weight is 252 g/mol. The van der Waals surface area contributed by atoms with Gasteiger partial charge in [0.05, 0.1) is 12.1 Å². The number of ether oxygens (including phenoxy) is 1. The summed E-state index contributed by atoms with van der Waals surface area (Å²) in [6.07, 6.45) is 3.81. The molecule has 1 saturated carbocycles. The van der Waals surface area contributed by atoms with Gasteiger partial charge in [-0.3, -0.25) is 0 Å². The first-order valence-corrected chi connectivity index (χ1v) is 7.37. The molecule has 3 unspecified atom stereocenters. The molecule has 3 atom stereocenters. The zero-order valence-electron chi connectivity index (χ0n) is 10.9. The third kappa shape index (κ3) is 1.80. The van der Waals surface area contributed by atoms with E-state index in [0.29, 0.717) is 17.6 Å². The monoisotopic (exact) mass is 252 g/mol. The standard InChI is InChI=1S/C13H24N4O/c1-2-13(1)11(14-4-5-16-13)10-7-17-12(8-15-10)3-6-18-9-12/h10-11,14-17H,1-9H2. The molecular weight excluding hydrogens is 228 g/mol. The lowest BCUT2D eigenvalue weighted by molar-refractivity contribution is 0.134. The summed E-state index contributed by atoms with van der Waals surface area (Å²) in [5.74, 6) is 0. The van der Waals surface area contributed by atoms with Crippen LogP contribution in [0.4, 0.5) is 0 Å². The molecule has 0 aromatic heterocycles. The highest BCUT2D eigenvalue weighted by Crippen LogP contribution is 2.41. The molecule has 0 radical (unpaired) electrons. The van der Waals surface area contributed by atoms with Crippen LogP contribution < -0.4 is 21.3 Å². The van der Waals surface area contributed by atoms with E-state index in [9.17, 15) is 0 Å². The lowest BCUT2D eigenvalue weighted by Gasteiger charge is -2.45. The quantitative estimate of drug-likeness (QED) is 0.472. The average Bonchev–Trinajstić information content (AvgIpc) is 3.02. The highest BCUT2D eigenvalue weighted by Gasteiger charge is 2.54. The molecule has 3 saturated heterocycles. The largest absolute Gasteiger partial charge is 0.379 e. The van der Waals surface area contributed by atoms with Crippen molar-refractivity contribution in [1.82, 2.24) is 21.3 Å². The van der Waals surface area contributed by atoms with Gasteiger partial charge in [-0.25, -0.2) is 0 Å². The summed E-state index contributed by atoms with van der Waals surface area (Å²) in [4.78, 5) is 0. The van der Waals surface area contributed by atoms with Crippen molar-refractivity contribution in [3.8, 4) is 0 Å². The van der Waals surface area contributed by atoms with Gasteiger partial charge < -0.3 is 26.0 Å². The summed E-state index contributed by atoms with van der Waals surface area (Å²) < 4.78 is 5.54. The maximum Gasteiger partial charge on any atom is 0.0661 e. The molecule has 4 aliphatic rings. The molecule has 0 aromatic rings. The summed E-state index contributed by atoms with van der Waals surface area (Å²) in [5, 5.41) is 15.0. The molecular formula is C13H24N4O. The molecule has 5 heteroatoms. The van der Waals surface area contributed by atoms with E-state index >= 15 is 0 Å². The Morgan fingerprint density at radius 3 is 2.61 bits per heavy atom. The van der Waals surface area contributed by atoms with E-state index in [1.54, 1.807) is 0 Å². The number of rotatable bonds is 1. The Labute approximate surface area is 108 Å². The predicted octanol–water partition coefficient (Wildman–Crippen LogP) is -1.20. The van der Waals surface area contributed by atoms with E-state index in [0.717, 1.165) is 45.8 Å². The maximum absolute atomic E-state index is 5.54. The molecule has 4 rings (SSSR count). The first kappa shape index (κ1) is 11.6. The van der Waals surface area contributed by atoms with Crippen LogP contribution in [0.2, 0.25) is 0 Å². The van der Waals surface area contributed by atoms with E-state index in [2.05, 4.69) is 21.3 Å². The third-order valence-electron chi connectivity index (χ3n) is 5.26. The van der Waals surface area contributed by atoms with Crippen molar-refractivity contribution in [1.29, 1.82) is 0 Å². The first-order valence-electron chi connectivity index (χ1n) is 7.37. The van der Waals surface area contributed by atoms with Gasteiger partial charge in [-0.05, 0) is 19.3 Å². The van der Waals surface area contributed by atoms with Gasteiger partial charge in [-0.15, -0.1) is 0 Å². The van der Waals surface area contributed by atoms with Crippen LogP contribution >= 0.6 is 0 Å². The second-order valence-corrected chi connectivity index (χ2v) is 6.47. The van der Waals surface area contributed by atoms with Crippen LogP contribution in [0.5, 0.6) is 0 Å². The van der Waals surface area contributed by atoms with E-state index in [1.807, 2.05) is 0 Å². The van der Waals surface area contributed by atoms with Gasteiger partial charge in [0, 0.05) is 50.4 Å². The summed E-state index contributed by atoms with van der Waals surface area (Å²) in [6.45, 7) is 6.10. The lowest BCUT2D eigenvalue weighted by Crippen LogP contribution is -2.73. The Bertz CT molecular complexity index is 315. The predicted molar refractivity (Wildman–Crippen MR) is 69.7 cm³/mol. The van der Waals surface area contributed by atoms with Gasteiger partial charge >= 0.3 is 0 Å². The van der Waals surface area contributed by atoms with E-state index < -0.39 is 0 Å². The fourth-order valence-electron chi connectivity index (χ4n) is 3.90. The number of nitrogens with one attached hydrogen (secondary N) is 4. The van der Waals surface area contributed by atoms with Crippen LogP contribution in [-0.2, 0) is 4.74 Å². The molecule has 0 aromatic carbocycles. The second kappa shape index (κ2) is 4.15. The highest BCUT2D eigenvalue weighted by molar-refractivity contribution is 5.17. The SMILES string of the molecule is C1CNC2(CC2)C(C2CNC3(CCOC3)CN2)N1. The van der Waals surface area contributed by atoms with Crippen molar-refractivity contribution in [3.05, 3.63) is 0 Å². The van der Waals surface area contributed by atoms with Gasteiger partial charge in [0.2, 0.25) is 0 Å². The van der Waals surface area contributed by atoms with Gasteiger partial charge in [0.15, 0.2) is 0 Å². The van der Waals surface area contributed by atoms with Crippen LogP contribution in [0.25, 0.3) is 0 Å². The number of piperazine rings is 2. The summed E-state index contributed by atoms with van der Waals surface area (Å²) in [6, 6.07) is 1.13. The zero-order valence-corrected chi connectivity index (χ0v) is 10.9. The van der Waals surface area contributed by atoms with Gasteiger partial charge in [0.1, 0.15) is 0 Å². The molecule has 18 heavy (non-hydrogen) atoms. The first-order chi connectivity index (χ1) is 8.82. The Hall–Kier alpha value is -0.200. The minimum Gasteiger partial charge on any atom is -0.379 e. The van der Waals surface area contributed by atoms with Gasteiger partial charge in [-0.2, -0.15) is 0 Å². The van der Waals surface area contributed by atoms with Crippen molar-refractivity contribution in [3.63, 3.8) is 0 Å². The van der Waals surface area contributed by atoms with E-state index in [4.69, 9.17) is 4.74 Å². The molecule has 102 valence electrons. The van der Waals surface area contributed by atoms with Crippen molar-refractivity contribution >= 4 is 0 Å². The Morgan fingerprint density at radius 1 is 1.00 bits per heavy atom. The molecule has 2 spiro atoms. The van der Waals surface area contributed by atoms with Gasteiger partial charge in [-0.1, -0.05) is 0 Å². The molecule has 0 amide bonds. The molecule has 4 fully saturated rings. The smallest absolute Gasteiger partial charge is 0.0661 e. The summed E-state index contributed by atoms with van der Waals surface area (Å²) in [7, 11) is 0. The summed E-state index contributed by atoms with van der Waals surface area (Å²) in [5.41, 5.74) is 0.615. The zero-order chi connectivity index (χ0) is 12.1. The summed E-state index contributed by atoms with van der Waals surface area (Å²) >= 11 is 0. The molecule has 5 nitrogen and oxygen atoms in total. The Balaban J connectivity index is 1.41. The topological polar surface area (TPSA) is 57.4 Å². The van der Waals surface area contributed by atoms with E-state index in [-0.39, 0.29) is 5.54 Å². The lowest BCUT2D eigenvalue weighted by atomic mass is 9.89. The number of hydrogen-bond acceptors (Lipinski definition) is 5. The Morgan fingerprint density at radius 2 is 1.94 bits per heavy atom. The molecule has 0 bridgehead atoms. The fourth-order valence-corrected chi connectivity index (χ4v) is 3.90. The fraction of sp³-hybridized carbons (Fsp3) is 1.00. The van der Waals surface area contributed by atoms with Crippen molar-refractivity contribution in [2.45, 2.75) is 42.4 Å². The molecule has 1 aliphatic carbocycles. The van der Waals surface area contributed by atoms with Crippen LogP contribution in [0.15, 0.2) is 0 Å². The molecule has 3 heterocycles. The van der Waals surface area contributed by atoms with Crippen molar-refractivity contribution in [2.24, 2.45) is 0 Å². The highest BCUT2D eigenvalue weighted by atomic mass is 16.5. The van der Waals surface area contributed by atoms with Crippen LogP contribution in [0.1, 0.15) is 19.3 Å². The van der Waals surface area contributed by atoms with Crippen LogP contribution in [0, 0.1) is 0 Å². The third-order valence-corrected chi connectivity index (χ3v) is 5.26.